The molecule has 1 unspecified atom stereocenters. The molecule has 1 rings (SSSR count). The van der Waals surface area contributed by atoms with Crippen molar-refractivity contribution in [2.24, 2.45) is 5.73 Å². The molecule has 0 bridgehead atoms. The van der Waals surface area contributed by atoms with E-state index in [-0.39, 0.29) is 12.6 Å². The van der Waals surface area contributed by atoms with Gasteiger partial charge in [0, 0.05) is 27.4 Å². The third-order valence-electron chi connectivity index (χ3n) is 2.18. The maximum Gasteiger partial charge on any atom is 0.0539 e. The third-order valence-corrected chi connectivity index (χ3v) is 4.43. The van der Waals surface area contributed by atoms with Crippen LogP contribution >= 0.6 is 27.3 Å². The molecule has 1 aromatic heterocycles. The maximum atomic E-state index is 8.69. The van der Waals surface area contributed by atoms with E-state index in [1.165, 1.54) is 9.75 Å². The van der Waals surface area contributed by atoms with Gasteiger partial charge in [-0.2, -0.15) is 0 Å². The Kier molecular flexibility index (Phi) is 5.78. The average Bonchev–Trinajstić information content (AvgIpc) is 2.54. The van der Waals surface area contributed by atoms with Gasteiger partial charge < -0.3 is 16.2 Å². The number of halogens is 1. The first-order valence-electron chi connectivity index (χ1n) is 4.99. The van der Waals surface area contributed by atoms with Crippen LogP contribution in [0.25, 0.3) is 0 Å². The Labute approximate surface area is 103 Å². The number of rotatable bonds is 6. The summed E-state index contributed by atoms with van der Waals surface area (Å²) in [6.45, 7) is 3.68. The number of nitrogens with one attached hydrogen (secondary N) is 1. The Morgan fingerprint density at radius 1 is 1.67 bits per heavy atom. The van der Waals surface area contributed by atoms with Crippen LogP contribution < -0.4 is 11.1 Å². The van der Waals surface area contributed by atoms with E-state index in [9.17, 15) is 0 Å². The minimum Gasteiger partial charge on any atom is -0.396 e. The lowest BCUT2D eigenvalue weighted by molar-refractivity contribution is 0.283. The van der Waals surface area contributed by atoms with Gasteiger partial charge in [0.1, 0.15) is 0 Å². The first kappa shape index (κ1) is 13.1. The molecule has 0 aliphatic heterocycles. The number of aliphatic hydroxyl groups is 1. The summed E-state index contributed by atoms with van der Waals surface area (Å²) in [6, 6.07) is 2.32. The molecule has 15 heavy (non-hydrogen) atoms. The summed E-state index contributed by atoms with van der Waals surface area (Å²) in [5.74, 6) is 0. The number of aryl methyl sites for hydroxylation is 1. The van der Waals surface area contributed by atoms with Crippen LogP contribution in [0.4, 0.5) is 0 Å². The van der Waals surface area contributed by atoms with Crippen LogP contribution in [0.1, 0.15) is 22.2 Å². The Balaban J connectivity index is 2.57. The van der Waals surface area contributed by atoms with Crippen molar-refractivity contribution in [1.29, 1.82) is 0 Å². The second-order valence-electron chi connectivity index (χ2n) is 3.37. The minimum atomic E-state index is 0.201. The summed E-state index contributed by atoms with van der Waals surface area (Å²) in [7, 11) is 0. The van der Waals surface area contributed by atoms with Gasteiger partial charge in [0.25, 0.3) is 0 Å². The summed E-state index contributed by atoms with van der Waals surface area (Å²) in [4.78, 5) is 2.52. The highest BCUT2D eigenvalue weighted by atomic mass is 79.9. The van der Waals surface area contributed by atoms with Gasteiger partial charge in [0.05, 0.1) is 6.04 Å². The number of aliphatic hydroxyl groups excluding tert-OH is 1. The molecule has 0 aliphatic carbocycles. The molecule has 86 valence electrons. The largest absolute Gasteiger partial charge is 0.396 e. The van der Waals surface area contributed by atoms with Crippen LogP contribution in [-0.2, 0) is 0 Å². The van der Waals surface area contributed by atoms with Gasteiger partial charge in [0.2, 0.25) is 0 Å². The van der Waals surface area contributed by atoms with Gasteiger partial charge >= 0.3 is 0 Å². The fraction of sp³-hybridized carbons (Fsp3) is 0.600. The summed E-state index contributed by atoms with van der Waals surface area (Å²) in [5, 5.41) is 12.0. The van der Waals surface area contributed by atoms with E-state index in [0.29, 0.717) is 6.54 Å². The third kappa shape index (κ3) is 3.85. The summed E-state index contributed by atoms with van der Waals surface area (Å²) < 4.78 is 1.14. The van der Waals surface area contributed by atoms with Crippen molar-refractivity contribution in [3.63, 3.8) is 0 Å². The molecule has 1 aromatic rings. The molecule has 0 spiro atoms. The molecule has 1 heterocycles. The van der Waals surface area contributed by atoms with Crippen LogP contribution in [0, 0.1) is 6.92 Å². The Hall–Kier alpha value is 0.0600. The van der Waals surface area contributed by atoms with Gasteiger partial charge in [-0.3, -0.25) is 0 Å². The molecule has 0 amide bonds. The Morgan fingerprint density at radius 3 is 2.87 bits per heavy atom. The molecule has 3 nitrogen and oxygen atoms in total. The van der Waals surface area contributed by atoms with Crippen LogP contribution in [0.5, 0.6) is 0 Å². The van der Waals surface area contributed by atoms with E-state index >= 15 is 0 Å². The van der Waals surface area contributed by atoms with Crippen LogP contribution in [-0.4, -0.2) is 24.8 Å². The van der Waals surface area contributed by atoms with Crippen molar-refractivity contribution in [1.82, 2.24) is 5.32 Å². The zero-order valence-electron chi connectivity index (χ0n) is 8.79. The number of nitrogens with two attached hydrogens (primary N) is 1. The first-order valence-corrected chi connectivity index (χ1v) is 6.60. The predicted molar refractivity (Wildman–Crippen MR) is 68.3 cm³/mol. The lowest BCUT2D eigenvalue weighted by atomic mass is 10.2. The van der Waals surface area contributed by atoms with Gasteiger partial charge in [-0.15, -0.1) is 11.3 Å². The highest BCUT2D eigenvalue weighted by Gasteiger charge is 2.12. The monoisotopic (exact) mass is 292 g/mol. The molecule has 0 saturated heterocycles. The lowest BCUT2D eigenvalue weighted by Gasteiger charge is -2.14. The van der Waals surface area contributed by atoms with Gasteiger partial charge in [-0.05, 0) is 41.9 Å². The molecule has 5 heteroatoms. The van der Waals surface area contributed by atoms with Crippen LogP contribution in [0.3, 0.4) is 0 Å². The van der Waals surface area contributed by atoms with E-state index in [2.05, 4.69) is 34.2 Å². The van der Waals surface area contributed by atoms with Crippen molar-refractivity contribution in [3.05, 3.63) is 20.3 Å². The van der Waals surface area contributed by atoms with E-state index in [1.807, 2.05) is 0 Å². The molecule has 0 radical (unpaired) electrons. The van der Waals surface area contributed by atoms with Crippen molar-refractivity contribution in [3.8, 4) is 0 Å². The predicted octanol–water partition coefficient (Wildman–Crippen LogP) is 1.79. The van der Waals surface area contributed by atoms with E-state index in [4.69, 9.17) is 10.8 Å². The molecule has 0 saturated carbocycles. The molecular formula is C10H17BrN2OS. The zero-order chi connectivity index (χ0) is 11.3. The van der Waals surface area contributed by atoms with Crippen LogP contribution in [0.15, 0.2) is 10.5 Å². The van der Waals surface area contributed by atoms with E-state index in [1.54, 1.807) is 11.3 Å². The fourth-order valence-electron chi connectivity index (χ4n) is 1.31. The molecule has 0 aliphatic rings. The zero-order valence-corrected chi connectivity index (χ0v) is 11.2. The maximum absolute atomic E-state index is 8.69. The molecule has 0 aromatic carbocycles. The van der Waals surface area contributed by atoms with Gasteiger partial charge in [-0.25, -0.2) is 0 Å². The SMILES string of the molecule is Cc1sc(C(CN)NCCCO)cc1Br. The van der Waals surface area contributed by atoms with Gasteiger partial charge in [-0.1, -0.05) is 0 Å². The first-order chi connectivity index (χ1) is 7.19. The molecule has 4 N–H and O–H groups in total. The van der Waals surface area contributed by atoms with Gasteiger partial charge in [0.15, 0.2) is 0 Å². The molecular weight excluding hydrogens is 276 g/mol. The van der Waals surface area contributed by atoms with E-state index < -0.39 is 0 Å². The van der Waals surface area contributed by atoms with Crippen molar-refractivity contribution >= 4 is 27.3 Å². The standard InChI is InChI=1S/C10H17BrN2OS/c1-7-8(11)5-10(15-7)9(6-12)13-3-2-4-14/h5,9,13-14H,2-4,6,12H2,1H3. The summed E-state index contributed by atoms with van der Waals surface area (Å²) in [6.07, 6.45) is 0.766. The minimum absolute atomic E-state index is 0.201. The Morgan fingerprint density at radius 2 is 2.40 bits per heavy atom. The summed E-state index contributed by atoms with van der Waals surface area (Å²) >= 11 is 5.25. The quantitative estimate of drug-likeness (QED) is 0.701. The molecule has 0 fully saturated rings. The lowest BCUT2D eigenvalue weighted by Crippen LogP contribution is -2.28. The number of hydrogen-bond acceptors (Lipinski definition) is 4. The second-order valence-corrected chi connectivity index (χ2v) is 5.51. The normalized spacial score (nSPS) is 13.1. The van der Waals surface area contributed by atoms with Crippen LogP contribution in [0.2, 0.25) is 0 Å². The van der Waals surface area contributed by atoms with E-state index in [0.717, 1.165) is 17.4 Å². The highest BCUT2D eigenvalue weighted by Crippen LogP contribution is 2.30. The number of hydrogen-bond donors (Lipinski definition) is 3. The molecule has 1 atom stereocenters. The summed E-state index contributed by atoms with van der Waals surface area (Å²) in [5.41, 5.74) is 5.71. The topological polar surface area (TPSA) is 58.3 Å². The smallest absolute Gasteiger partial charge is 0.0539 e. The highest BCUT2D eigenvalue weighted by molar-refractivity contribution is 9.10. The van der Waals surface area contributed by atoms with Crippen molar-refractivity contribution < 1.29 is 5.11 Å². The fourth-order valence-corrected chi connectivity index (χ4v) is 2.96. The Bertz CT molecular complexity index is 284. The average molecular weight is 293 g/mol. The number of thiophene rings is 1. The second kappa shape index (κ2) is 6.60. The van der Waals surface area contributed by atoms with Crippen molar-refractivity contribution in [2.75, 3.05) is 19.7 Å². The van der Waals surface area contributed by atoms with Crippen molar-refractivity contribution in [2.45, 2.75) is 19.4 Å².